The Morgan fingerprint density at radius 1 is 1.27 bits per heavy atom. The summed E-state index contributed by atoms with van der Waals surface area (Å²) >= 11 is 0. The number of rotatable bonds is 4. The van der Waals surface area contributed by atoms with Crippen LogP contribution in [0.1, 0.15) is 12.5 Å². The Morgan fingerprint density at radius 3 is 3.04 bits per heavy atom. The summed E-state index contributed by atoms with van der Waals surface area (Å²) in [6, 6.07) is 5.83. The normalized spacial score (nSPS) is 17.5. The van der Waals surface area contributed by atoms with E-state index in [1.54, 1.807) is 12.4 Å². The van der Waals surface area contributed by atoms with Gasteiger partial charge in [-0.2, -0.15) is 0 Å². The number of hydrogen-bond donors (Lipinski definition) is 2. The average Bonchev–Trinajstić information content (AvgIpc) is 2.67. The summed E-state index contributed by atoms with van der Waals surface area (Å²) in [5.41, 5.74) is 3.74. The summed E-state index contributed by atoms with van der Waals surface area (Å²) in [5.74, 6) is -0.352. The molecule has 1 atom stereocenters. The van der Waals surface area contributed by atoms with Crippen molar-refractivity contribution in [1.29, 1.82) is 0 Å². The van der Waals surface area contributed by atoms with Crippen LogP contribution in [0.2, 0.25) is 0 Å². The lowest BCUT2D eigenvalue weighted by atomic mass is 10.1. The van der Waals surface area contributed by atoms with Gasteiger partial charge >= 0.3 is 0 Å². The molecule has 0 amide bonds. The Bertz CT molecular complexity index is 915. The van der Waals surface area contributed by atoms with E-state index in [2.05, 4.69) is 37.4 Å². The summed E-state index contributed by atoms with van der Waals surface area (Å²) < 4.78 is 14.2. The van der Waals surface area contributed by atoms with Crippen LogP contribution in [0.15, 0.2) is 43.0 Å². The predicted molar refractivity (Wildman–Crippen MR) is 101 cm³/mol. The third kappa shape index (κ3) is 3.43. The number of hydrogen-bond acceptors (Lipinski definition) is 6. The Kier molecular flexibility index (Phi) is 4.62. The molecule has 3 heterocycles. The molecular formula is C19H21FN6. The van der Waals surface area contributed by atoms with Crippen LogP contribution in [-0.4, -0.2) is 40.6 Å². The standard InChI is InChI=1S/C19H21FN6/c1-13-12-26(7-6-22-13)18-2-3-21-11-17(18)25-10-14-8-15(20)19-16(9-14)23-4-5-24-19/h2-5,8-9,11,13,22,25H,6-7,10,12H2,1H3/t13-/m1/s1. The van der Waals surface area contributed by atoms with E-state index in [0.29, 0.717) is 23.6 Å². The van der Waals surface area contributed by atoms with Crippen molar-refractivity contribution in [2.24, 2.45) is 0 Å². The zero-order valence-electron chi connectivity index (χ0n) is 14.6. The summed E-state index contributed by atoms with van der Waals surface area (Å²) in [6.45, 7) is 5.52. The van der Waals surface area contributed by atoms with Crippen molar-refractivity contribution in [3.63, 3.8) is 0 Å². The molecule has 2 aromatic heterocycles. The fraction of sp³-hybridized carbons (Fsp3) is 0.316. The molecular weight excluding hydrogens is 331 g/mol. The van der Waals surface area contributed by atoms with Gasteiger partial charge in [0.05, 0.1) is 23.1 Å². The van der Waals surface area contributed by atoms with Gasteiger partial charge in [-0.1, -0.05) is 0 Å². The first-order valence-corrected chi connectivity index (χ1v) is 8.76. The summed E-state index contributed by atoms with van der Waals surface area (Å²) in [5, 5.41) is 6.84. The van der Waals surface area contributed by atoms with Crippen molar-refractivity contribution in [2.45, 2.75) is 19.5 Å². The van der Waals surface area contributed by atoms with Crippen LogP contribution in [0.5, 0.6) is 0 Å². The smallest absolute Gasteiger partial charge is 0.151 e. The molecule has 0 unspecified atom stereocenters. The lowest BCUT2D eigenvalue weighted by Gasteiger charge is -2.34. The number of nitrogens with zero attached hydrogens (tertiary/aromatic N) is 4. The molecule has 1 aromatic carbocycles. The highest BCUT2D eigenvalue weighted by Crippen LogP contribution is 2.26. The Labute approximate surface area is 151 Å². The molecule has 0 radical (unpaired) electrons. The summed E-state index contributed by atoms with van der Waals surface area (Å²) in [6.07, 6.45) is 6.70. The first kappa shape index (κ1) is 16.7. The number of piperazine rings is 1. The Morgan fingerprint density at radius 2 is 2.15 bits per heavy atom. The second-order valence-corrected chi connectivity index (χ2v) is 6.55. The van der Waals surface area contributed by atoms with E-state index >= 15 is 0 Å². The predicted octanol–water partition coefficient (Wildman–Crippen LogP) is 2.57. The van der Waals surface area contributed by atoms with Gasteiger partial charge in [0, 0.05) is 50.8 Å². The Balaban J connectivity index is 1.55. The van der Waals surface area contributed by atoms with E-state index in [9.17, 15) is 4.39 Å². The van der Waals surface area contributed by atoms with Crippen molar-refractivity contribution in [3.8, 4) is 0 Å². The average molecular weight is 352 g/mol. The quantitative estimate of drug-likeness (QED) is 0.752. The number of nitrogens with one attached hydrogen (secondary N) is 2. The summed E-state index contributed by atoms with van der Waals surface area (Å²) in [4.78, 5) is 14.8. The SMILES string of the molecule is C[C@@H]1CN(c2ccncc2NCc2cc(F)c3nccnc3c2)CCN1. The molecule has 134 valence electrons. The van der Waals surface area contributed by atoms with Crippen molar-refractivity contribution in [1.82, 2.24) is 20.3 Å². The highest BCUT2D eigenvalue weighted by atomic mass is 19.1. The molecule has 0 spiro atoms. The number of anilines is 2. The van der Waals surface area contributed by atoms with Crippen LogP contribution in [0.25, 0.3) is 11.0 Å². The van der Waals surface area contributed by atoms with Gasteiger partial charge in [-0.15, -0.1) is 0 Å². The highest BCUT2D eigenvalue weighted by molar-refractivity contribution is 5.75. The number of aromatic nitrogens is 3. The fourth-order valence-electron chi connectivity index (χ4n) is 3.34. The van der Waals surface area contributed by atoms with Gasteiger partial charge in [0.2, 0.25) is 0 Å². The number of benzene rings is 1. The molecule has 6 nitrogen and oxygen atoms in total. The number of fused-ring (bicyclic) bond motifs is 1. The minimum atomic E-state index is -0.352. The lowest BCUT2D eigenvalue weighted by molar-refractivity contribution is 0.485. The van der Waals surface area contributed by atoms with Crippen LogP contribution in [0.3, 0.4) is 0 Å². The largest absolute Gasteiger partial charge is 0.378 e. The third-order valence-corrected chi connectivity index (χ3v) is 4.58. The van der Waals surface area contributed by atoms with Gasteiger partial charge in [0.1, 0.15) is 5.52 Å². The van der Waals surface area contributed by atoms with Gasteiger partial charge in [-0.3, -0.25) is 9.97 Å². The van der Waals surface area contributed by atoms with Crippen LogP contribution < -0.4 is 15.5 Å². The van der Waals surface area contributed by atoms with Crippen molar-refractivity contribution in [3.05, 3.63) is 54.4 Å². The van der Waals surface area contributed by atoms with E-state index in [-0.39, 0.29) is 5.82 Å². The fourth-order valence-corrected chi connectivity index (χ4v) is 3.34. The maximum Gasteiger partial charge on any atom is 0.151 e. The van der Waals surface area contributed by atoms with Crippen LogP contribution >= 0.6 is 0 Å². The topological polar surface area (TPSA) is 66.0 Å². The second-order valence-electron chi connectivity index (χ2n) is 6.55. The molecule has 1 aliphatic rings. The number of pyridine rings is 1. The van der Waals surface area contributed by atoms with E-state index < -0.39 is 0 Å². The van der Waals surface area contributed by atoms with Gasteiger partial charge < -0.3 is 15.5 Å². The van der Waals surface area contributed by atoms with Crippen LogP contribution in [0, 0.1) is 5.82 Å². The van der Waals surface area contributed by atoms with Crippen LogP contribution in [0.4, 0.5) is 15.8 Å². The third-order valence-electron chi connectivity index (χ3n) is 4.58. The number of halogens is 1. The molecule has 3 aromatic rings. The molecule has 7 heteroatoms. The molecule has 0 saturated carbocycles. The maximum absolute atomic E-state index is 14.2. The monoisotopic (exact) mass is 352 g/mol. The van der Waals surface area contributed by atoms with Crippen LogP contribution in [-0.2, 0) is 6.54 Å². The zero-order valence-corrected chi connectivity index (χ0v) is 14.6. The molecule has 1 aliphatic heterocycles. The highest BCUT2D eigenvalue weighted by Gasteiger charge is 2.18. The Hall–Kier alpha value is -2.80. The van der Waals surface area contributed by atoms with Gasteiger partial charge in [0.15, 0.2) is 5.82 Å². The van der Waals surface area contributed by atoms with Gasteiger partial charge in [0.25, 0.3) is 0 Å². The zero-order chi connectivity index (χ0) is 17.9. The molecule has 2 N–H and O–H groups in total. The van der Waals surface area contributed by atoms with E-state index in [1.165, 1.54) is 12.3 Å². The summed E-state index contributed by atoms with van der Waals surface area (Å²) in [7, 11) is 0. The molecule has 0 bridgehead atoms. The molecule has 4 rings (SSSR count). The minimum Gasteiger partial charge on any atom is -0.378 e. The van der Waals surface area contributed by atoms with Gasteiger partial charge in [-0.05, 0) is 30.7 Å². The molecule has 26 heavy (non-hydrogen) atoms. The molecule has 1 saturated heterocycles. The van der Waals surface area contributed by atoms with Crippen molar-refractivity contribution < 1.29 is 4.39 Å². The second kappa shape index (κ2) is 7.21. The molecule has 1 fully saturated rings. The lowest BCUT2D eigenvalue weighted by Crippen LogP contribution is -2.49. The van der Waals surface area contributed by atoms with E-state index in [0.717, 1.165) is 36.6 Å². The molecule has 0 aliphatic carbocycles. The maximum atomic E-state index is 14.2. The first-order chi connectivity index (χ1) is 12.7. The van der Waals surface area contributed by atoms with Gasteiger partial charge in [-0.25, -0.2) is 9.37 Å². The van der Waals surface area contributed by atoms with E-state index in [1.807, 2.05) is 18.3 Å². The van der Waals surface area contributed by atoms with E-state index in [4.69, 9.17) is 0 Å². The van der Waals surface area contributed by atoms with Crippen molar-refractivity contribution >= 4 is 22.4 Å². The van der Waals surface area contributed by atoms with Crippen molar-refractivity contribution in [2.75, 3.05) is 29.9 Å². The first-order valence-electron chi connectivity index (χ1n) is 8.76. The minimum absolute atomic E-state index is 0.299.